The molecule has 2 heterocycles. The second-order valence-corrected chi connectivity index (χ2v) is 7.04. The molecule has 0 spiro atoms. The van der Waals surface area contributed by atoms with E-state index in [2.05, 4.69) is 25.2 Å². The highest BCUT2D eigenvalue weighted by Crippen LogP contribution is 2.20. The maximum Gasteiger partial charge on any atom is 0.225 e. The molecule has 1 fully saturated rings. The van der Waals surface area contributed by atoms with Crippen molar-refractivity contribution < 1.29 is 4.74 Å². The number of aliphatic imine (C=N–C) groups is 1. The van der Waals surface area contributed by atoms with Crippen LogP contribution < -0.4 is 20.7 Å². The molecule has 0 amide bonds. The Morgan fingerprint density at radius 1 is 1.29 bits per heavy atom. The summed E-state index contributed by atoms with van der Waals surface area (Å²) >= 11 is 0. The molecule has 1 aromatic carbocycles. The van der Waals surface area contributed by atoms with Crippen LogP contribution in [-0.4, -0.2) is 41.7 Å². The predicted octanol–water partition coefficient (Wildman–Crippen LogP) is 3.53. The molecule has 7 nitrogen and oxygen atoms in total. The van der Waals surface area contributed by atoms with Gasteiger partial charge >= 0.3 is 0 Å². The van der Waals surface area contributed by atoms with E-state index in [-0.39, 0.29) is 30.1 Å². The first-order valence-corrected chi connectivity index (χ1v) is 9.46. The molecular formula is C20H29IN6O. The van der Waals surface area contributed by atoms with Crippen LogP contribution in [0.5, 0.6) is 5.75 Å². The van der Waals surface area contributed by atoms with E-state index in [4.69, 9.17) is 10.5 Å². The van der Waals surface area contributed by atoms with Crippen LogP contribution >= 0.6 is 24.0 Å². The van der Waals surface area contributed by atoms with Crippen molar-refractivity contribution in [3.63, 3.8) is 0 Å². The summed E-state index contributed by atoms with van der Waals surface area (Å²) in [6.45, 7) is 6.60. The largest absolute Gasteiger partial charge is 0.491 e. The fourth-order valence-corrected chi connectivity index (χ4v) is 3.15. The quantitative estimate of drug-likeness (QED) is 0.362. The van der Waals surface area contributed by atoms with Crippen molar-refractivity contribution in [1.82, 2.24) is 9.97 Å². The smallest absolute Gasteiger partial charge is 0.225 e. The van der Waals surface area contributed by atoms with E-state index in [0.29, 0.717) is 18.4 Å². The van der Waals surface area contributed by atoms with Crippen LogP contribution in [0.15, 0.2) is 47.7 Å². The number of benzene rings is 1. The zero-order chi connectivity index (χ0) is 19.1. The van der Waals surface area contributed by atoms with Crippen molar-refractivity contribution in [2.45, 2.75) is 32.8 Å². The van der Waals surface area contributed by atoms with Gasteiger partial charge in [0.2, 0.25) is 5.95 Å². The van der Waals surface area contributed by atoms with Crippen LogP contribution in [-0.2, 0) is 0 Å². The SMILES string of the molecule is CC(C)Oc1ccc(NC(N)=NCC2CCCN(c3ncccn3)C2)cc1.I. The van der Waals surface area contributed by atoms with Crippen molar-refractivity contribution in [2.75, 3.05) is 29.9 Å². The maximum absolute atomic E-state index is 6.06. The van der Waals surface area contributed by atoms with E-state index in [1.54, 1.807) is 12.4 Å². The lowest BCUT2D eigenvalue weighted by Gasteiger charge is -2.31. The van der Waals surface area contributed by atoms with E-state index in [0.717, 1.165) is 43.3 Å². The number of hydrogen-bond donors (Lipinski definition) is 2. The number of nitrogens with two attached hydrogens (primary N) is 1. The average molecular weight is 496 g/mol. The molecule has 3 N–H and O–H groups in total. The Hall–Kier alpha value is -2.10. The summed E-state index contributed by atoms with van der Waals surface area (Å²) in [6.07, 6.45) is 5.98. The van der Waals surface area contributed by atoms with Gasteiger partial charge in [-0.15, -0.1) is 24.0 Å². The summed E-state index contributed by atoms with van der Waals surface area (Å²) in [4.78, 5) is 15.4. The number of guanidine groups is 1. The number of piperidine rings is 1. The molecule has 3 rings (SSSR count). The third-order valence-corrected chi connectivity index (χ3v) is 4.37. The summed E-state index contributed by atoms with van der Waals surface area (Å²) in [7, 11) is 0. The Morgan fingerprint density at radius 3 is 2.68 bits per heavy atom. The molecule has 0 aliphatic carbocycles. The number of ether oxygens (including phenoxy) is 1. The van der Waals surface area contributed by atoms with Gasteiger partial charge in [-0.05, 0) is 62.9 Å². The number of hydrogen-bond acceptors (Lipinski definition) is 5. The second-order valence-electron chi connectivity index (χ2n) is 7.04. The van der Waals surface area contributed by atoms with Crippen LogP contribution in [0.3, 0.4) is 0 Å². The normalized spacial score (nSPS) is 17.2. The molecule has 152 valence electrons. The molecule has 1 atom stereocenters. The number of nitrogens with one attached hydrogen (secondary N) is 1. The summed E-state index contributed by atoms with van der Waals surface area (Å²) in [5, 5.41) is 3.14. The van der Waals surface area contributed by atoms with Gasteiger partial charge < -0.3 is 20.7 Å². The van der Waals surface area contributed by atoms with Gasteiger partial charge in [0.15, 0.2) is 5.96 Å². The zero-order valence-electron chi connectivity index (χ0n) is 16.4. The van der Waals surface area contributed by atoms with Crippen LogP contribution in [0.4, 0.5) is 11.6 Å². The Morgan fingerprint density at radius 2 is 2.00 bits per heavy atom. The molecule has 1 unspecified atom stereocenters. The van der Waals surface area contributed by atoms with E-state index < -0.39 is 0 Å². The van der Waals surface area contributed by atoms with Crippen molar-refractivity contribution in [1.29, 1.82) is 0 Å². The minimum absolute atomic E-state index is 0. The van der Waals surface area contributed by atoms with E-state index in [9.17, 15) is 0 Å². The number of halogens is 1. The van der Waals surface area contributed by atoms with Crippen LogP contribution in [0.2, 0.25) is 0 Å². The summed E-state index contributed by atoms with van der Waals surface area (Å²) in [5.74, 6) is 2.52. The maximum atomic E-state index is 6.06. The van der Waals surface area contributed by atoms with E-state index in [1.165, 1.54) is 0 Å². The highest BCUT2D eigenvalue weighted by molar-refractivity contribution is 14.0. The van der Waals surface area contributed by atoms with Crippen LogP contribution in [0.1, 0.15) is 26.7 Å². The molecule has 0 bridgehead atoms. The Kier molecular flexibility index (Phi) is 8.75. The number of aromatic nitrogens is 2. The lowest BCUT2D eigenvalue weighted by molar-refractivity contribution is 0.242. The van der Waals surface area contributed by atoms with Gasteiger partial charge in [-0.1, -0.05) is 0 Å². The third kappa shape index (κ3) is 6.81. The van der Waals surface area contributed by atoms with E-state index >= 15 is 0 Å². The first-order valence-electron chi connectivity index (χ1n) is 9.46. The predicted molar refractivity (Wildman–Crippen MR) is 125 cm³/mol. The standard InChI is InChI=1S/C20H28N6O.HI/c1-15(2)27-18-8-6-17(7-9-18)25-19(21)24-13-16-5-3-12-26(14-16)20-22-10-4-11-23-20;/h4,6-11,15-16H,3,5,12-14H2,1-2H3,(H3,21,24,25);1H. The molecule has 2 aromatic rings. The van der Waals surface area contributed by atoms with Gasteiger partial charge in [0, 0.05) is 37.7 Å². The molecule has 1 aliphatic heterocycles. The van der Waals surface area contributed by atoms with Crippen molar-refractivity contribution in [3.8, 4) is 5.75 Å². The molecule has 0 saturated carbocycles. The summed E-state index contributed by atoms with van der Waals surface area (Å²) < 4.78 is 5.64. The monoisotopic (exact) mass is 496 g/mol. The van der Waals surface area contributed by atoms with Gasteiger partial charge in [0.25, 0.3) is 0 Å². The molecule has 8 heteroatoms. The third-order valence-electron chi connectivity index (χ3n) is 4.37. The van der Waals surface area contributed by atoms with Crippen molar-refractivity contribution >= 4 is 41.6 Å². The van der Waals surface area contributed by atoms with Crippen molar-refractivity contribution in [2.24, 2.45) is 16.6 Å². The summed E-state index contributed by atoms with van der Waals surface area (Å²) in [6, 6.07) is 9.57. The number of nitrogens with zero attached hydrogens (tertiary/aromatic N) is 4. The molecule has 1 saturated heterocycles. The fourth-order valence-electron chi connectivity index (χ4n) is 3.15. The van der Waals surface area contributed by atoms with Gasteiger partial charge in [-0.3, -0.25) is 4.99 Å². The topological polar surface area (TPSA) is 88.7 Å². The molecule has 28 heavy (non-hydrogen) atoms. The van der Waals surface area contributed by atoms with Crippen LogP contribution in [0.25, 0.3) is 0 Å². The molecular weight excluding hydrogens is 467 g/mol. The minimum atomic E-state index is 0. The van der Waals surface area contributed by atoms with Crippen LogP contribution in [0, 0.1) is 5.92 Å². The molecule has 0 radical (unpaired) electrons. The Bertz CT molecular complexity index is 738. The van der Waals surface area contributed by atoms with Crippen molar-refractivity contribution in [3.05, 3.63) is 42.7 Å². The highest BCUT2D eigenvalue weighted by Gasteiger charge is 2.21. The highest BCUT2D eigenvalue weighted by atomic mass is 127. The number of rotatable bonds is 6. The lowest BCUT2D eigenvalue weighted by atomic mass is 9.98. The first kappa shape index (κ1) is 22.2. The lowest BCUT2D eigenvalue weighted by Crippen LogP contribution is -2.38. The van der Waals surface area contributed by atoms with Gasteiger partial charge in [0.1, 0.15) is 5.75 Å². The fraction of sp³-hybridized carbons (Fsp3) is 0.450. The second kappa shape index (κ2) is 11.0. The van der Waals surface area contributed by atoms with Gasteiger partial charge in [0.05, 0.1) is 6.10 Å². The van der Waals surface area contributed by atoms with Gasteiger partial charge in [-0.25, -0.2) is 9.97 Å². The Labute approximate surface area is 183 Å². The van der Waals surface area contributed by atoms with Gasteiger partial charge in [-0.2, -0.15) is 0 Å². The molecule has 1 aliphatic rings. The molecule has 1 aromatic heterocycles. The number of anilines is 2. The summed E-state index contributed by atoms with van der Waals surface area (Å²) in [5.41, 5.74) is 6.96. The van der Waals surface area contributed by atoms with E-state index in [1.807, 2.05) is 44.2 Å². The average Bonchev–Trinajstić information content (AvgIpc) is 2.68. The first-order chi connectivity index (χ1) is 13.1. The zero-order valence-corrected chi connectivity index (χ0v) is 18.7. The Balaban J connectivity index is 0.00000280. The minimum Gasteiger partial charge on any atom is -0.491 e.